The summed E-state index contributed by atoms with van der Waals surface area (Å²) in [7, 11) is 0. The second kappa shape index (κ2) is 5.50. The summed E-state index contributed by atoms with van der Waals surface area (Å²) in [5.74, 6) is -1.13. The first kappa shape index (κ1) is 13.1. The van der Waals surface area contributed by atoms with Crippen LogP contribution in [0, 0.1) is 5.82 Å². The van der Waals surface area contributed by atoms with Crippen LogP contribution in [-0.4, -0.2) is 5.91 Å². The fraction of sp³-hybridized carbons (Fsp3) is 0. The molecule has 5 heteroatoms. The van der Waals surface area contributed by atoms with E-state index in [-0.39, 0.29) is 5.56 Å². The Kier molecular flexibility index (Phi) is 3.99. The van der Waals surface area contributed by atoms with Crippen LogP contribution in [-0.2, 0) is 0 Å². The number of anilines is 1. The highest BCUT2D eigenvalue weighted by atomic mass is 79.9. The summed E-state index contributed by atoms with van der Waals surface area (Å²) in [5.41, 5.74) is 0.507. The van der Waals surface area contributed by atoms with E-state index in [1.165, 1.54) is 18.2 Å². The van der Waals surface area contributed by atoms with Crippen molar-refractivity contribution >= 4 is 39.1 Å². The number of nitrogens with one attached hydrogen (secondary N) is 1. The van der Waals surface area contributed by atoms with E-state index in [1.54, 1.807) is 24.3 Å². The molecule has 0 heterocycles. The molecule has 1 amide bonds. The number of carbonyl (C=O) groups excluding carboxylic acids is 1. The number of rotatable bonds is 2. The number of hydrogen-bond donors (Lipinski definition) is 1. The van der Waals surface area contributed by atoms with Crippen LogP contribution in [0.25, 0.3) is 0 Å². The fourth-order valence-electron chi connectivity index (χ4n) is 1.40. The van der Waals surface area contributed by atoms with Crippen LogP contribution in [0.4, 0.5) is 10.1 Å². The SMILES string of the molecule is O=C(Nc1ccc(Br)cc1)c1cc(Cl)ccc1F. The zero-order valence-electron chi connectivity index (χ0n) is 9.08. The highest BCUT2D eigenvalue weighted by Crippen LogP contribution is 2.18. The van der Waals surface area contributed by atoms with Gasteiger partial charge in [-0.25, -0.2) is 4.39 Å². The van der Waals surface area contributed by atoms with Gasteiger partial charge in [0.2, 0.25) is 0 Å². The Balaban J connectivity index is 2.21. The minimum atomic E-state index is -0.603. The van der Waals surface area contributed by atoms with Crippen LogP contribution >= 0.6 is 27.5 Å². The van der Waals surface area contributed by atoms with Gasteiger partial charge in [0.15, 0.2) is 0 Å². The highest BCUT2D eigenvalue weighted by molar-refractivity contribution is 9.10. The molecule has 2 nitrogen and oxygen atoms in total. The van der Waals surface area contributed by atoms with Crippen molar-refractivity contribution in [2.75, 3.05) is 5.32 Å². The van der Waals surface area contributed by atoms with E-state index < -0.39 is 11.7 Å². The second-order valence-corrected chi connectivity index (χ2v) is 4.94. The summed E-state index contributed by atoms with van der Waals surface area (Å²) in [6, 6.07) is 10.8. The van der Waals surface area contributed by atoms with Crippen molar-refractivity contribution in [3.05, 3.63) is 63.3 Å². The molecule has 2 aromatic rings. The number of halogens is 3. The Morgan fingerprint density at radius 1 is 1.17 bits per heavy atom. The van der Waals surface area contributed by atoms with Crippen LogP contribution in [0.3, 0.4) is 0 Å². The van der Waals surface area contributed by atoms with Crippen molar-refractivity contribution in [1.29, 1.82) is 0 Å². The Bertz CT molecular complexity index is 586. The van der Waals surface area contributed by atoms with Crippen LogP contribution in [0.1, 0.15) is 10.4 Å². The standard InChI is InChI=1S/C13H8BrClFNO/c14-8-1-4-10(5-2-8)17-13(18)11-7-9(15)3-6-12(11)16/h1-7H,(H,17,18). The minimum absolute atomic E-state index is 0.0783. The lowest BCUT2D eigenvalue weighted by atomic mass is 10.2. The number of benzene rings is 2. The monoisotopic (exact) mass is 327 g/mol. The van der Waals surface area contributed by atoms with Crippen LogP contribution < -0.4 is 5.32 Å². The highest BCUT2D eigenvalue weighted by Gasteiger charge is 2.12. The molecule has 0 bridgehead atoms. The average molecular weight is 329 g/mol. The third kappa shape index (κ3) is 3.09. The van der Waals surface area contributed by atoms with Crippen molar-refractivity contribution in [3.63, 3.8) is 0 Å². The van der Waals surface area contributed by atoms with Gasteiger partial charge in [0.05, 0.1) is 5.56 Å². The second-order valence-electron chi connectivity index (χ2n) is 3.59. The molecular formula is C13H8BrClFNO. The van der Waals surface area contributed by atoms with E-state index in [0.29, 0.717) is 10.7 Å². The van der Waals surface area contributed by atoms with E-state index >= 15 is 0 Å². The molecule has 0 atom stereocenters. The maximum atomic E-state index is 13.5. The maximum Gasteiger partial charge on any atom is 0.258 e. The van der Waals surface area contributed by atoms with Gasteiger partial charge in [-0.15, -0.1) is 0 Å². The zero-order valence-corrected chi connectivity index (χ0v) is 11.4. The molecule has 2 aromatic carbocycles. The summed E-state index contributed by atoms with van der Waals surface area (Å²) in [6.07, 6.45) is 0. The summed E-state index contributed by atoms with van der Waals surface area (Å²) in [4.78, 5) is 11.9. The Morgan fingerprint density at radius 3 is 2.50 bits per heavy atom. The van der Waals surface area contributed by atoms with Crippen molar-refractivity contribution in [2.45, 2.75) is 0 Å². The molecule has 0 aliphatic carbocycles. The molecule has 92 valence electrons. The number of hydrogen-bond acceptors (Lipinski definition) is 1. The lowest BCUT2D eigenvalue weighted by Gasteiger charge is -2.06. The summed E-state index contributed by atoms with van der Waals surface area (Å²) >= 11 is 9.02. The van der Waals surface area contributed by atoms with Gasteiger partial charge in [-0.2, -0.15) is 0 Å². The molecule has 18 heavy (non-hydrogen) atoms. The molecule has 0 unspecified atom stereocenters. The van der Waals surface area contributed by atoms with E-state index in [9.17, 15) is 9.18 Å². The van der Waals surface area contributed by atoms with Gasteiger partial charge in [0.25, 0.3) is 5.91 Å². The Hall–Kier alpha value is -1.39. The van der Waals surface area contributed by atoms with Gasteiger partial charge in [-0.3, -0.25) is 4.79 Å². The molecule has 0 fully saturated rings. The van der Waals surface area contributed by atoms with Gasteiger partial charge in [-0.1, -0.05) is 27.5 Å². The molecule has 0 radical (unpaired) electrons. The van der Waals surface area contributed by atoms with E-state index in [0.717, 1.165) is 4.47 Å². The summed E-state index contributed by atoms with van der Waals surface area (Å²) in [6.45, 7) is 0. The molecular weight excluding hydrogens is 321 g/mol. The Labute approximate surface area is 117 Å². The van der Waals surface area contributed by atoms with Gasteiger partial charge < -0.3 is 5.32 Å². The topological polar surface area (TPSA) is 29.1 Å². The zero-order chi connectivity index (χ0) is 13.1. The van der Waals surface area contributed by atoms with E-state index in [4.69, 9.17) is 11.6 Å². The third-order valence-corrected chi connectivity index (χ3v) is 3.04. The summed E-state index contributed by atoms with van der Waals surface area (Å²) in [5, 5.41) is 2.91. The fourth-order valence-corrected chi connectivity index (χ4v) is 1.84. The van der Waals surface area contributed by atoms with Gasteiger partial charge >= 0.3 is 0 Å². The normalized spacial score (nSPS) is 10.2. The molecule has 0 aliphatic heterocycles. The largest absolute Gasteiger partial charge is 0.322 e. The smallest absolute Gasteiger partial charge is 0.258 e. The predicted octanol–water partition coefficient (Wildman–Crippen LogP) is 4.49. The quantitative estimate of drug-likeness (QED) is 0.864. The molecule has 0 saturated carbocycles. The summed E-state index contributed by atoms with van der Waals surface area (Å²) < 4.78 is 14.4. The molecule has 0 saturated heterocycles. The molecule has 0 aromatic heterocycles. The lowest BCUT2D eigenvalue weighted by Crippen LogP contribution is -2.13. The molecule has 1 N–H and O–H groups in total. The van der Waals surface area contributed by atoms with Crippen molar-refractivity contribution < 1.29 is 9.18 Å². The molecule has 0 aliphatic rings. The van der Waals surface area contributed by atoms with Crippen molar-refractivity contribution in [2.24, 2.45) is 0 Å². The van der Waals surface area contributed by atoms with Crippen molar-refractivity contribution in [1.82, 2.24) is 0 Å². The van der Waals surface area contributed by atoms with Gasteiger partial charge in [-0.05, 0) is 42.5 Å². The first-order chi connectivity index (χ1) is 8.56. The first-order valence-electron chi connectivity index (χ1n) is 5.08. The third-order valence-electron chi connectivity index (χ3n) is 2.28. The van der Waals surface area contributed by atoms with Crippen LogP contribution in [0.15, 0.2) is 46.9 Å². The Morgan fingerprint density at radius 2 is 1.83 bits per heavy atom. The van der Waals surface area contributed by atoms with E-state index in [1.807, 2.05) is 0 Å². The number of carbonyl (C=O) groups is 1. The van der Waals surface area contributed by atoms with Gasteiger partial charge in [0.1, 0.15) is 5.82 Å². The first-order valence-corrected chi connectivity index (χ1v) is 6.25. The maximum absolute atomic E-state index is 13.5. The average Bonchev–Trinajstić information content (AvgIpc) is 2.35. The van der Waals surface area contributed by atoms with Crippen LogP contribution in [0.2, 0.25) is 5.02 Å². The predicted molar refractivity (Wildman–Crippen MR) is 73.5 cm³/mol. The van der Waals surface area contributed by atoms with Crippen molar-refractivity contribution in [3.8, 4) is 0 Å². The van der Waals surface area contributed by atoms with E-state index in [2.05, 4.69) is 21.2 Å². The molecule has 2 rings (SSSR count). The minimum Gasteiger partial charge on any atom is -0.322 e. The van der Waals surface area contributed by atoms with Gasteiger partial charge in [0, 0.05) is 15.2 Å². The number of amides is 1. The van der Waals surface area contributed by atoms with Crippen LogP contribution in [0.5, 0.6) is 0 Å². The molecule has 0 spiro atoms. The lowest BCUT2D eigenvalue weighted by molar-refractivity contribution is 0.102.